The Bertz CT molecular complexity index is 625. The van der Waals surface area contributed by atoms with Crippen LogP contribution in [-0.4, -0.2) is 52.2 Å². The van der Waals surface area contributed by atoms with Gasteiger partial charge in [0.1, 0.15) is 5.69 Å². The van der Waals surface area contributed by atoms with Crippen LogP contribution in [0.3, 0.4) is 0 Å². The summed E-state index contributed by atoms with van der Waals surface area (Å²) in [6.07, 6.45) is 2.49. The maximum absolute atomic E-state index is 11.0. The van der Waals surface area contributed by atoms with Gasteiger partial charge in [0, 0.05) is 44.1 Å². The van der Waals surface area contributed by atoms with Crippen molar-refractivity contribution in [2.45, 2.75) is 0 Å². The number of nitrogens with zero attached hydrogens (tertiary/aromatic N) is 4. The van der Waals surface area contributed by atoms with Gasteiger partial charge in [0.25, 0.3) is 0 Å². The average Bonchev–Trinajstić information content (AvgIpc) is 2.56. The maximum Gasteiger partial charge on any atom is 0.407 e. The zero-order chi connectivity index (χ0) is 14.7. The first kappa shape index (κ1) is 13.4. The molecule has 0 radical (unpaired) electrons. The molecule has 1 aromatic carbocycles. The van der Waals surface area contributed by atoms with Crippen LogP contribution in [0.1, 0.15) is 0 Å². The summed E-state index contributed by atoms with van der Waals surface area (Å²) in [6.45, 7) is 2.23. The molecule has 1 fully saturated rings. The highest BCUT2D eigenvalue weighted by molar-refractivity contribution is 5.72. The lowest BCUT2D eigenvalue weighted by Gasteiger charge is -2.34. The molecule has 0 spiro atoms. The Morgan fingerprint density at radius 2 is 1.67 bits per heavy atom. The number of amides is 1. The number of rotatable bonds is 2. The lowest BCUT2D eigenvalue weighted by Crippen LogP contribution is -2.48. The quantitative estimate of drug-likeness (QED) is 0.912. The van der Waals surface area contributed by atoms with Crippen molar-refractivity contribution >= 4 is 11.9 Å². The van der Waals surface area contributed by atoms with Crippen molar-refractivity contribution in [2.75, 3.05) is 31.1 Å². The Balaban J connectivity index is 1.85. The SMILES string of the molecule is O=C(O)N1CCN(c2nccnc2-c2ccccc2)CC1. The van der Waals surface area contributed by atoms with Gasteiger partial charge in [-0.1, -0.05) is 30.3 Å². The van der Waals surface area contributed by atoms with Crippen molar-refractivity contribution in [1.29, 1.82) is 0 Å². The van der Waals surface area contributed by atoms with Crippen LogP contribution in [0, 0.1) is 0 Å². The molecular weight excluding hydrogens is 268 g/mol. The third kappa shape index (κ3) is 2.79. The van der Waals surface area contributed by atoms with Gasteiger partial charge in [-0.3, -0.25) is 4.98 Å². The summed E-state index contributed by atoms with van der Waals surface area (Å²) >= 11 is 0. The first-order chi connectivity index (χ1) is 10.3. The summed E-state index contributed by atoms with van der Waals surface area (Å²) in [6, 6.07) is 9.90. The van der Waals surface area contributed by atoms with Gasteiger partial charge in [0.05, 0.1) is 0 Å². The zero-order valence-electron chi connectivity index (χ0n) is 11.5. The van der Waals surface area contributed by atoms with Crippen LogP contribution in [0.2, 0.25) is 0 Å². The van der Waals surface area contributed by atoms with Crippen molar-refractivity contribution in [3.8, 4) is 11.3 Å². The lowest BCUT2D eigenvalue weighted by atomic mass is 10.1. The number of anilines is 1. The number of carbonyl (C=O) groups is 1. The molecule has 108 valence electrons. The van der Waals surface area contributed by atoms with E-state index in [0.717, 1.165) is 17.1 Å². The molecular formula is C15H16N4O2. The number of benzene rings is 1. The van der Waals surface area contributed by atoms with E-state index in [-0.39, 0.29) is 0 Å². The summed E-state index contributed by atoms with van der Waals surface area (Å²) in [5.74, 6) is 0.814. The summed E-state index contributed by atoms with van der Waals surface area (Å²) in [4.78, 5) is 23.4. The van der Waals surface area contributed by atoms with E-state index < -0.39 is 6.09 Å². The third-order valence-corrected chi connectivity index (χ3v) is 3.58. The minimum absolute atomic E-state index is 0.486. The van der Waals surface area contributed by atoms with Crippen LogP contribution in [-0.2, 0) is 0 Å². The largest absolute Gasteiger partial charge is 0.465 e. The van der Waals surface area contributed by atoms with E-state index in [0.29, 0.717) is 26.2 Å². The van der Waals surface area contributed by atoms with Gasteiger partial charge in [-0.05, 0) is 0 Å². The van der Waals surface area contributed by atoms with Crippen molar-refractivity contribution in [2.24, 2.45) is 0 Å². The highest BCUT2D eigenvalue weighted by atomic mass is 16.4. The Kier molecular flexibility index (Phi) is 3.68. The molecule has 2 aromatic rings. The second-order valence-electron chi connectivity index (χ2n) is 4.85. The number of hydrogen-bond acceptors (Lipinski definition) is 4. The van der Waals surface area contributed by atoms with Crippen molar-refractivity contribution in [3.05, 3.63) is 42.7 Å². The van der Waals surface area contributed by atoms with Gasteiger partial charge < -0.3 is 14.9 Å². The summed E-state index contributed by atoms with van der Waals surface area (Å²) in [5.41, 5.74) is 1.85. The molecule has 6 heteroatoms. The van der Waals surface area contributed by atoms with E-state index in [1.54, 1.807) is 12.4 Å². The fraction of sp³-hybridized carbons (Fsp3) is 0.267. The molecule has 0 bridgehead atoms. The second-order valence-corrected chi connectivity index (χ2v) is 4.85. The maximum atomic E-state index is 11.0. The Hall–Kier alpha value is -2.63. The Labute approximate surface area is 122 Å². The summed E-state index contributed by atoms with van der Waals surface area (Å²) < 4.78 is 0. The van der Waals surface area contributed by atoms with Crippen LogP contribution >= 0.6 is 0 Å². The number of aromatic nitrogens is 2. The van der Waals surface area contributed by atoms with Crippen molar-refractivity contribution in [3.63, 3.8) is 0 Å². The average molecular weight is 284 g/mol. The monoisotopic (exact) mass is 284 g/mol. The normalized spacial score (nSPS) is 15.0. The van der Waals surface area contributed by atoms with Gasteiger partial charge in [-0.2, -0.15) is 0 Å². The molecule has 1 N–H and O–H groups in total. The molecule has 1 aliphatic rings. The molecule has 0 saturated carbocycles. The minimum Gasteiger partial charge on any atom is -0.465 e. The Morgan fingerprint density at radius 1 is 1.00 bits per heavy atom. The van der Waals surface area contributed by atoms with E-state index in [1.807, 2.05) is 30.3 Å². The number of hydrogen-bond donors (Lipinski definition) is 1. The van der Waals surface area contributed by atoms with E-state index in [9.17, 15) is 4.79 Å². The molecule has 1 saturated heterocycles. The minimum atomic E-state index is -0.864. The van der Waals surface area contributed by atoms with Crippen LogP contribution in [0.25, 0.3) is 11.3 Å². The number of piperazine rings is 1. The standard InChI is InChI=1S/C15H16N4O2/c20-15(21)19-10-8-18(9-11-19)14-13(16-6-7-17-14)12-4-2-1-3-5-12/h1-7H,8-11H2,(H,20,21). The van der Waals surface area contributed by atoms with E-state index in [2.05, 4.69) is 14.9 Å². The van der Waals surface area contributed by atoms with E-state index in [4.69, 9.17) is 5.11 Å². The van der Waals surface area contributed by atoms with Crippen molar-refractivity contribution in [1.82, 2.24) is 14.9 Å². The lowest BCUT2D eigenvalue weighted by molar-refractivity contribution is 0.142. The van der Waals surface area contributed by atoms with Crippen LogP contribution in [0.4, 0.5) is 10.6 Å². The zero-order valence-corrected chi connectivity index (χ0v) is 11.5. The van der Waals surface area contributed by atoms with Gasteiger partial charge in [-0.25, -0.2) is 9.78 Å². The molecule has 2 heterocycles. The van der Waals surface area contributed by atoms with Crippen LogP contribution in [0.15, 0.2) is 42.7 Å². The molecule has 1 aliphatic heterocycles. The van der Waals surface area contributed by atoms with Crippen LogP contribution in [0.5, 0.6) is 0 Å². The van der Waals surface area contributed by atoms with Gasteiger partial charge in [-0.15, -0.1) is 0 Å². The van der Waals surface area contributed by atoms with E-state index in [1.165, 1.54) is 4.90 Å². The molecule has 0 atom stereocenters. The van der Waals surface area contributed by atoms with Crippen LogP contribution < -0.4 is 4.90 Å². The molecule has 1 amide bonds. The summed E-state index contributed by atoms with van der Waals surface area (Å²) in [7, 11) is 0. The molecule has 1 aromatic heterocycles. The number of carboxylic acid groups (broad SMARTS) is 1. The Morgan fingerprint density at radius 3 is 2.33 bits per heavy atom. The van der Waals surface area contributed by atoms with E-state index >= 15 is 0 Å². The highest BCUT2D eigenvalue weighted by Gasteiger charge is 2.23. The van der Waals surface area contributed by atoms with Crippen molar-refractivity contribution < 1.29 is 9.90 Å². The fourth-order valence-electron chi connectivity index (χ4n) is 2.47. The third-order valence-electron chi connectivity index (χ3n) is 3.58. The fourth-order valence-corrected chi connectivity index (χ4v) is 2.47. The second kappa shape index (κ2) is 5.78. The molecule has 21 heavy (non-hydrogen) atoms. The summed E-state index contributed by atoms with van der Waals surface area (Å²) in [5, 5.41) is 9.01. The molecule has 6 nitrogen and oxygen atoms in total. The first-order valence-corrected chi connectivity index (χ1v) is 6.85. The highest BCUT2D eigenvalue weighted by Crippen LogP contribution is 2.26. The van der Waals surface area contributed by atoms with Gasteiger partial charge in [0.15, 0.2) is 5.82 Å². The predicted molar refractivity (Wildman–Crippen MR) is 79.3 cm³/mol. The molecule has 0 aliphatic carbocycles. The molecule has 0 unspecified atom stereocenters. The molecule has 3 rings (SSSR count). The smallest absolute Gasteiger partial charge is 0.407 e. The topological polar surface area (TPSA) is 69.6 Å². The van der Waals surface area contributed by atoms with Gasteiger partial charge in [0.2, 0.25) is 0 Å². The first-order valence-electron chi connectivity index (χ1n) is 6.85. The van der Waals surface area contributed by atoms with Gasteiger partial charge >= 0.3 is 6.09 Å². The predicted octanol–water partition coefficient (Wildman–Crippen LogP) is 1.94.